The van der Waals surface area contributed by atoms with Crippen LogP contribution in [-0.4, -0.2) is 28.3 Å². The molecule has 78 valence electrons. The lowest BCUT2D eigenvalue weighted by atomic mass is 9.94. The Labute approximate surface area is 83.3 Å². The van der Waals surface area contributed by atoms with Crippen LogP contribution in [0.5, 0.6) is 0 Å². The monoisotopic (exact) mass is 197 g/mol. The Balaban J connectivity index is 2.05. The van der Waals surface area contributed by atoms with Crippen molar-refractivity contribution in [3.8, 4) is 0 Å². The quantitative estimate of drug-likeness (QED) is 0.774. The maximum Gasteiger partial charge on any atom is 0.131 e. The predicted molar refractivity (Wildman–Crippen MR) is 52.9 cm³/mol. The van der Waals surface area contributed by atoms with Gasteiger partial charge < -0.3 is 9.88 Å². The number of alkyl halides is 1. The smallest absolute Gasteiger partial charge is 0.131 e. The van der Waals surface area contributed by atoms with E-state index < -0.39 is 5.67 Å². The van der Waals surface area contributed by atoms with Crippen LogP contribution in [0.1, 0.15) is 18.7 Å². The molecule has 1 fully saturated rings. The number of piperidine rings is 1. The lowest BCUT2D eigenvalue weighted by Crippen LogP contribution is -2.41. The van der Waals surface area contributed by atoms with Gasteiger partial charge in [0.15, 0.2) is 0 Å². The maximum atomic E-state index is 14.2. The van der Waals surface area contributed by atoms with Gasteiger partial charge in [0.25, 0.3) is 0 Å². The topological polar surface area (TPSA) is 29.9 Å². The average Bonchev–Trinajstić information content (AvgIpc) is 2.52. The molecule has 1 saturated heterocycles. The van der Waals surface area contributed by atoms with Crippen molar-refractivity contribution in [2.45, 2.75) is 32.0 Å². The number of hydrogen-bond acceptors (Lipinski definition) is 2. The highest BCUT2D eigenvalue weighted by Gasteiger charge is 2.32. The summed E-state index contributed by atoms with van der Waals surface area (Å²) in [7, 11) is 0. The Morgan fingerprint density at radius 2 is 2.29 bits per heavy atom. The number of aryl methyl sites for hydroxylation is 1. The molecule has 0 amide bonds. The Morgan fingerprint density at radius 3 is 2.86 bits per heavy atom. The van der Waals surface area contributed by atoms with Crippen molar-refractivity contribution in [1.29, 1.82) is 0 Å². The molecule has 4 heteroatoms. The first-order valence-electron chi connectivity index (χ1n) is 5.07. The summed E-state index contributed by atoms with van der Waals surface area (Å²) >= 11 is 0. The first-order valence-corrected chi connectivity index (χ1v) is 5.07. The van der Waals surface area contributed by atoms with Gasteiger partial charge in [0.05, 0.1) is 6.54 Å². The molecule has 2 rings (SSSR count). The van der Waals surface area contributed by atoms with Gasteiger partial charge in [0.2, 0.25) is 0 Å². The summed E-state index contributed by atoms with van der Waals surface area (Å²) in [5, 5.41) is 3.17. The fourth-order valence-electron chi connectivity index (χ4n) is 1.91. The summed E-state index contributed by atoms with van der Waals surface area (Å²) in [6.07, 6.45) is 4.77. The Hall–Kier alpha value is -0.900. The van der Waals surface area contributed by atoms with Crippen LogP contribution in [-0.2, 0) is 6.54 Å². The molecule has 14 heavy (non-hydrogen) atoms. The second-order valence-corrected chi connectivity index (χ2v) is 4.00. The molecule has 1 aromatic rings. The van der Waals surface area contributed by atoms with Crippen molar-refractivity contribution in [2.24, 2.45) is 0 Å². The Morgan fingerprint density at radius 1 is 1.57 bits per heavy atom. The van der Waals surface area contributed by atoms with Crippen molar-refractivity contribution in [3.05, 3.63) is 18.2 Å². The van der Waals surface area contributed by atoms with Gasteiger partial charge in [0, 0.05) is 12.4 Å². The second kappa shape index (κ2) is 3.69. The normalized spacial score (nSPS) is 21.0. The minimum Gasteiger partial charge on any atom is -0.332 e. The van der Waals surface area contributed by atoms with E-state index in [4.69, 9.17) is 0 Å². The van der Waals surface area contributed by atoms with Gasteiger partial charge in [-0.1, -0.05) is 0 Å². The molecule has 1 aliphatic rings. The number of hydrogen-bond donors (Lipinski definition) is 1. The molecule has 1 N–H and O–H groups in total. The van der Waals surface area contributed by atoms with Gasteiger partial charge in [-0.25, -0.2) is 9.37 Å². The summed E-state index contributed by atoms with van der Waals surface area (Å²) < 4.78 is 16.1. The molecule has 1 aromatic heterocycles. The zero-order valence-electron chi connectivity index (χ0n) is 8.46. The Bertz CT molecular complexity index is 302. The van der Waals surface area contributed by atoms with E-state index >= 15 is 0 Å². The molecule has 0 saturated carbocycles. The second-order valence-electron chi connectivity index (χ2n) is 4.00. The van der Waals surface area contributed by atoms with E-state index in [9.17, 15) is 4.39 Å². The van der Waals surface area contributed by atoms with Crippen LogP contribution in [0.15, 0.2) is 12.4 Å². The first-order chi connectivity index (χ1) is 6.70. The molecule has 0 spiro atoms. The minimum absolute atomic E-state index is 0.445. The fraction of sp³-hybridized carbons (Fsp3) is 0.700. The highest BCUT2D eigenvalue weighted by molar-refractivity contribution is 4.93. The summed E-state index contributed by atoms with van der Waals surface area (Å²) in [4.78, 5) is 4.09. The van der Waals surface area contributed by atoms with Gasteiger partial charge in [-0.15, -0.1) is 0 Å². The minimum atomic E-state index is -1.04. The van der Waals surface area contributed by atoms with Crippen LogP contribution < -0.4 is 5.32 Å². The van der Waals surface area contributed by atoms with Crippen LogP contribution in [0.2, 0.25) is 0 Å². The van der Waals surface area contributed by atoms with E-state index in [1.807, 2.05) is 17.7 Å². The number of halogens is 1. The van der Waals surface area contributed by atoms with Crippen LogP contribution in [0.4, 0.5) is 4.39 Å². The summed E-state index contributed by atoms with van der Waals surface area (Å²) in [6, 6.07) is 0. The van der Waals surface area contributed by atoms with Crippen LogP contribution in [0.3, 0.4) is 0 Å². The lowest BCUT2D eigenvalue weighted by molar-refractivity contribution is 0.0931. The van der Waals surface area contributed by atoms with Crippen LogP contribution >= 0.6 is 0 Å². The zero-order chi connectivity index (χ0) is 10.0. The molecule has 0 atom stereocenters. The SMILES string of the molecule is Cc1nccn1CC1(F)CCNCC1. The average molecular weight is 197 g/mol. The van der Waals surface area contributed by atoms with E-state index in [-0.39, 0.29) is 0 Å². The number of aromatic nitrogens is 2. The Kier molecular flexibility index (Phi) is 2.54. The fourth-order valence-corrected chi connectivity index (χ4v) is 1.91. The van der Waals surface area contributed by atoms with E-state index in [2.05, 4.69) is 10.3 Å². The molecule has 0 bridgehead atoms. The molecular formula is C10H16FN3. The highest BCUT2D eigenvalue weighted by Crippen LogP contribution is 2.25. The van der Waals surface area contributed by atoms with Crippen LogP contribution in [0.25, 0.3) is 0 Å². The number of imidazole rings is 1. The third-order valence-electron chi connectivity index (χ3n) is 2.88. The summed E-state index contributed by atoms with van der Waals surface area (Å²) in [5.74, 6) is 0.889. The molecule has 0 aliphatic carbocycles. The lowest BCUT2D eigenvalue weighted by Gasteiger charge is -2.30. The predicted octanol–water partition coefficient (Wildman–Crippen LogP) is 1.28. The molecular weight excluding hydrogens is 181 g/mol. The summed E-state index contributed by atoms with van der Waals surface area (Å²) in [5.41, 5.74) is -1.04. The van der Waals surface area contributed by atoms with E-state index in [1.165, 1.54) is 0 Å². The standard InChI is InChI=1S/C10H16FN3/c1-9-13-6-7-14(9)8-10(11)2-4-12-5-3-10/h6-7,12H,2-5,8H2,1H3. The third kappa shape index (κ3) is 1.95. The van der Waals surface area contributed by atoms with E-state index in [0.29, 0.717) is 19.4 Å². The number of nitrogens with one attached hydrogen (secondary N) is 1. The third-order valence-corrected chi connectivity index (χ3v) is 2.88. The first kappa shape index (κ1) is 9.65. The zero-order valence-corrected chi connectivity index (χ0v) is 8.46. The van der Waals surface area contributed by atoms with E-state index in [1.54, 1.807) is 6.20 Å². The van der Waals surface area contributed by atoms with Crippen molar-refractivity contribution in [3.63, 3.8) is 0 Å². The van der Waals surface area contributed by atoms with Gasteiger partial charge in [-0.05, 0) is 32.9 Å². The van der Waals surface area contributed by atoms with Crippen LogP contribution in [0, 0.1) is 6.92 Å². The number of rotatable bonds is 2. The summed E-state index contributed by atoms with van der Waals surface area (Å²) in [6.45, 7) is 3.92. The molecule has 0 radical (unpaired) electrons. The van der Waals surface area contributed by atoms with Gasteiger partial charge in [0.1, 0.15) is 11.5 Å². The van der Waals surface area contributed by atoms with Crippen molar-refractivity contribution in [2.75, 3.05) is 13.1 Å². The highest BCUT2D eigenvalue weighted by atomic mass is 19.1. The van der Waals surface area contributed by atoms with Crippen molar-refractivity contribution < 1.29 is 4.39 Å². The van der Waals surface area contributed by atoms with Gasteiger partial charge in [-0.2, -0.15) is 0 Å². The molecule has 0 unspecified atom stereocenters. The maximum absolute atomic E-state index is 14.2. The molecule has 2 heterocycles. The largest absolute Gasteiger partial charge is 0.332 e. The van der Waals surface area contributed by atoms with Gasteiger partial charge in [-0.3, -0.25) is 0 Å². The van der Waals surface area contributed by atoms with E-state index in [0.717, 1.165) is 18.9 Å². The molecule has 0 aromatic carbocycles. The number of nitrogens with zero attached hydrogens (tertiary/aromatic N) is 2. The van der Waals surface area contributed by atoms with Crippen molar-refractivity contribution >= 4 is 0 Å². The van der Waals surface area contributed by atoms with Gasteiger partial charge >= 0.3 is 0 Å². The molecule has 1 aliphatic heterocycles. The molecule has 3 nitrogen and oxygen atoms in total. The van der Waals surface area contributed by atoms with Crippen molar-refractivity contribution in [1.82, 2.24) is 14.9 Å².